The molecule has 1 aromatic carbocycles. The summed E-state index contributed by atoms with van der Waals surface area (Å²) in [5, 5.41) is 19.7. The molecule has 0 aromatic heterocycles. The minimum atomic E-state index is -0.256. The van der Waals surface area contributed by atoms with E-state index in [0.29, 0.717) is 29.2 Å². The van der Waals surface area contributed by atoms with Gasteiger partial charge in [-0.05, 0) is 93.4 Å². The van der Waals surface area contributed by atoms with Crippen molar-refractivity contribution in [2.45, 2.75) is 63.0 Å². The van der Waals surface area contributed by atoms with Crippen LogP contribution in [0.3, 0.4) is 0 Å². The topological polar surface area (TPSA) is 67.6 Å². The van der Waals surface area contributed by atoms with E-state index in [0.717, 1.165) is 63.8 Å². The Kier molecular flexibility index (Phi) is 4.03. The number of anilines is 1. The Balaban J connectivity index is 1.24. The van der Waals surface area contributed by atoms with Gasteiger partial charge in [0.1, 0.15) is 0 Å². The first-order valence-electron chi connectivity index (χ1n) is 11.8. The molecule has 7 rings (SSSR count). The van der Waals surface area contributed by atoms with Gasteiger partial charge in [0.25, 0.3) is 0 Å². The van der Waals surface area contributed by atoms with E-state index in [-0.39, 0.29) is 17.1 Å². The maximum atomic E-state index is 14.0. The number of hydrogen-bond donors (Lipinski definition) is 1. The molecule has 2 unspecified atom stereocenters. The van der Waals surface area contributed by atoms with E-state index in [9.17, 15) is 9.90 Å². The van der Waals surface area contributed by atoms with Crippen molar-refractivity contribution in [1.82, 2.24) is 4.90 Å². The zero-order valence-corrected chi connectivity index (χ0v) is 17.6. The molecule has 4 aliphatic carbocycles. The SMILES string of the molecule is N#Cc1ccc(N2CCC[C@@]3(CCN(C45CC6CC(C4)C(O)C(C6)C5)C3=O)C2)cc1. The summed E-state index contributed by atoms with van der Waals surface area (Å²) in [5.74, 6) is 1.90. The summed E-state index contributed by atoms with van der Waals surface area (Å²) < 4.78 is 0. The average molecular weight is 406 g/mol. The number of aliphatic hydroxyl groups excluding tert-OH is 1. The third-order valence-corrected chi connectivity index (χ3v) is 9.21. The van der Waals surface area contributed by atoms with Crippen molar-refractivity contribution in [3.63, 3.8) is 0 Å². The highest BCUT2D eigenvalue weighted by molar-refractivity contribution is 5.86. The van der Waals surface area contributed by atoms with Crippen LogP contribution in [0.2, 0.25) is 0 Å². The van der Waals surface area contributed by atoms with E-state index < -0.39 is 0 Å². The summed E-state index contributed by atoms with van der Waals surface area (Å²) in [7, 11) is 0. The number of nitriles is 1. The smallest absolute Gasteiger partial charge is 0.231 e. The molecule has 6 fully saturated rings. The molecular formula is C25H31N3O2. The lowest BCUT2D eigenvalue weighted by molar-refractivity contribution is -0.167. The third-order valence-electron chi connectivity index (χ3n) is 9.21. The van der Waals surface area contributed by atoms with Gasteiger partial charge in [-0.2, -0.15) is 5.26 Å². The quantitative estimate of drug-likeness (QED) is 0.820. The number of carbonyl (C=O) groups is 1. The van der Waals surface area contributed by atoms with Crippen molar-refractivity contribution >= 4 is 11.6 Å². The van der Waals surface area contributed by atoms with Gasteiger partial charge in [0, 0.05) is 30.9 Å². The van der Waals surface area contributed by atoms with Crippen molar-refractivity contribution in [3.8, 4) is 6.07 Å². The maximum absolute atomic E-state index is 14.0. The summed E-state index contributed by atoms with van der Waals surface area (Å²) in [6, 6.07) is 9.98. The zero-order chi connectivity index (χ0) is 20.5. The summed E-state index contributed by atoms with van der Waals surface area (Å²) in [4.78, 5) is 18.6. The Morgan fingerprint density at radius 1 is 1.03 bits per heavy atom. The molecule has 1 N–H and O–H groups in total. The first kappa shape index (κ1) is 18.7. The number of aliphatic hydroxyl groups is 1. The molecule has 2 aliphatic heterocycles. The van der Waals surface area contributed by atoms with E-state index in [4.69, 9.17) is 5.26 Å². The maximum Gasteiger partial charge on any atom is 0.231 e. The second-order valence-electron chi connectivity index (χ2n) is 10.9. The van der Waals surface area contributed by atoms with Crippen LogP contribution in [-0.2, 0) is 4.79 Å². The first-order valence-corrected chi connectivity index (χ1v) is 11.8. The van der Waals surface area contributed by atoms with E-state index in [1.54, 1.807) is 0 Å². The van der Waals surface area contributed by atoms with Gasteiger partial charge in [-0.15, -0.1) is 0 Å². The molecule has 6 aliphatic rings. The summed E-state index contributed by atoms with van der Waals surface area (Å²) in [5.41, 5.74) is 1.57. The molecule has 1 aromatic rings. The Morgan fingerprint density at radius 2 is 1.77 bits per heavy atom. The fourth-order valence-corrected chi connectivity index (χ4v) is 8.04. The lowest BCUT2D eigenvalue weighted by atomic mass is 9.51. The fraction of sp³-hybridized carbons (Fsp3) is 0.680. The highest BCUT2D eigenvalue weighted by Crippen LogP contribution is 2.59. The van der Waals surface area contributed by atoms with Crippen LogP contribution < -0.4 is 4.90 Å². The zero-order valence-electron chi connectivity index (χ0n) is 17.6. The van der Waals surface area contributed by atoms with Crippen LogP contribution >= 0.6 is 0 Å². The lowest BCUT2D eigenvalue weighted by Gasteiger charge is -2.61. The summed E-state index contributed by atoms with van der Waals surface area (Å²) in [6.45, 7) is 2.66. The van der Waals surface area contributed by atoms with E-state index in [1.165, 1.54) is 12.8 Å². The van der Waals surface area contributed by atoms with Crippen LogP contribution in [0, 0.1) is 34.5 Å². The van der Waals surface area contributed by atoms with Crippen LogP contribution in [-0.4, -0.2) is 47.2 Å². The van der Waals surface area contributed by atoms with Crippen molar-refractivity contribution < 1.29 is 9.90 Å². The minimum Gasteiger partial charge on any atom is -0.393 e. The van der Waals surface area contributed by atoms with Crippen molar-refractivity contribution in [2.24, 2.45) is 23.2 Å². The Morgan fingerprint density at radius 3 is 2.47 bits per heavy atom. The van der Waals surface area contributed by atoms with Crippen LogP contribution in [0.15, 0.2) is 24.3 Å². The Hall–Kier alpha value is -2.06. The molecule has 0 radical (unpaired) electrons. The molecule has 30 heavy (non-hydrogen) atoms. The van der Waals surface area contributed by atoms with Gasteiger partial charge in [0.05, 0.1) is 23.2 Å². The lowest BCUT2D eigenvalue weighted by Crippen LogP contribution is -2.65. The van der Waals surface area contributed by atoms with E-state index in [2.05, 4.69) is 15.9 Å². The number of nitrogens with zero attached hydrogens (tertiary/aromatic N) is 3. The highest BCUT2D eigenvalue weighted by Gasteiger charge is 2.61. The summed E-state index contributed by atoms with van der Waals surface area (Å²) >= 11 is 0. The standard InChI is InChI=1S/C25H31N3O2/c26-15-17-2-4-21(5-3-17)27-8-1-6-24(16-27)7-9-28(23(24)30)25-12-18-10-19(13-25)22(29)20(11-18)14-25/h2-5,18-20,22,29H,1,6-14,16H2/t18?,19?,20?,22?,24-,25?/m1/s1. The molecule has 4 bridgehead atoms. The molecule has 158 valence electrons. The molecule has 5 nitrogen and oxygen atoms in total. The monoisotopic (exact) mass is 405 g/mol. The van der Waals surface area contributed by atoms with E-state index >= 15 is 0 Å². The van der Waals surface area contributed by atoms with Crippen LogP contribution in [0.4, 0.5) is 5.69 Å². The molecule has 1 amide bonds. The molecule has 1 spiro atoms. The molecule has 5 heteroatoms. The molecule has 4 saturated carbocycles. The Labute approximate surface area is 178 Å². The first-order chi connectivity index (χ1) is 14.5. The molecule has 2 saturated heterocycles. The van der Waals surface area contributed by atoms with Crippen molar-refractivity contribution in [2.75, 3.05) is 24.5 Å². The number of likely N-dealkylation sites (tertiary alicyclic amines) is 1. The number of piperidine rings is 1. The molecular weight excluding hydrogens is 374 g/mol. The van der Waals surface area contributed by atoms with Gasteiger partial charge in [0.15, 0.2) is 0 Å². The predicted octanol–water partition coefficient (Wildman–Crippen LogP) is 3.32. The predicted molar refractivity (Wildman–Crippen MR) is 114 cm³/mol. The van der Waals surface area contributed by atoms with Gasteiger partial charge in [-0.3, -0.25) is 4.79 Å². The van der Waals surface area contributed by atoms with Gasteiger partial charge in [-0.1, -0.05) is 0 Å². The average Bonchev–Trinajstić information content (AvgIpc) is 3.07. The minimum absolute atomic E-state index is 0.0209. The molecule has 3 atom stereocenters. The van der Waals surface area contributed by atoms with Gasteiger partial charge >= 0.3 is 0 Å². The Bertz CT molecular complexity index is 890. The van der Waals surface area contributed by atoms with Crippen molar-refractivity contribution in [1.29, 1.82) is 5.26 Å². The van der Waals surface area contributed by atoms with Gasteiger partial charge < -0.3 is 14.9 Å². The number of rotatable bonds is 2. The highest BCUT2D eigenvalue weighted by atomic mass is 16.3. The second-order valence-corrected chi connectivity index (χ2v) is 10.9. The third kappa shape index (κ3) is 2.59. The van der Waals surface area contributed by atoms with Gasteiger partial charge in [0.2, 0.25) is 5.91 Å². The molecule has 2 heterocycles. The largest absolute Gasteiger partial charge is 0.393 e. The normalized spacial score (nSPS) is 42.2. The summed E-state index contributed by atoms with van der Waals surface area (Å²) in [6.07, 6.45) is 8.38. The van der Waals surface area contributed by atoms with Crippen LogP contribution in [0.25, 0.3) is 0 Å². The number of amides is 1. The second kappa shape index (κ2) is 6.47. The number of benzene rings is 1. The van der Waals surface area contributed by atoms with E-state index in [1.807, 2.05) is 24.3 Å². The van der Waals surface area contributed by atoms with Crippen LogP contribution in [0.1, 0.15) is 56.9 Å². The van der Waals surface area contributed by atoms with Gasteiger partial charge in [-0.25, -0.2) is 0 Å². The number of hydrogen-bond acceptors (Lipinski definition) is 4. The van der Waals surface area contributed by atoms with Crippen LogP contribution in [0.5, 0.6) is 0 Å². The van der Waals surface area contributed by atoms with Crippen molar-refractivity contribution in [3.05, 3.63) is 29.8 Å². The fourth-order valence-electron chi connectivity index (χ4n) is 8.04. The number of carbonyl (C=O) groups excluding carboxylic acids is 1.